The van der Waals surface area contributed by atoms with Crippen molar-refractivity contribution in [1.29, 1.82) is 0 Å². The van der Waals surface area contributed by atoms with Gasteiger partial charge in [0.1, 0.15) is 0 Å². The van der Waals surface area contributed by atoms with Gasteiger partial charge in [-0.25, -0.2) is 4.79 Å². The van der Waals surface area contributed by atoms with Crippen molar-refractivity contribution in [2.45, 2.75) is 6.92 Å². The van der Waals surface area contributed by atoms with Gasteiger partial charge >= 0.3 is 6.03 Å². The zero-order chi connectivity index (χ0) is 8.97. The molecule has 0 saturated carbocycles. The van der Waals surface area contributed by atoms with E-state index in [0.717, 1.165) is 11.3 Å². The van der Waals surface area contributed by atoms with Crippen LogP contribution in [0, 0.1) is 6.92 Å². The number of carbonyl (C=O) groups excluding carboxylic acids is 1. The molecular formula is C9H14N2O. The van der Waals surface area contributed by atoms with Gasteiger partial charge < -0.3 is 10.6 Å². The van der Waals surface area contributed by atoms with Gasteiger partial charge in [-0.05, 0) is 24.6 Å². The van der Waals surface area contributed by atoms with Gasteiger partial charge in [0.15, 0.2) is 0 Å². The molecule has 0 aliphatic carbocycles. The zero-order valence-corrected chi connectivity index (χ0v) is 7.22. The van der Waals surface area contributed by atoms with Crippen LogP contribution < -0.4 is 10.6 Å². The fraction of sp³-hybridized carbons (Fsp3) is 0.222. The Bertz CT molecular complexity index is 289. The van der Waals surface area contributed by atoms with E-state index in [2.05, 4.69) is 10.6 Å². The molecule has 1 aromatic carbocycles. The standard InChI is InChI=1S/C9H12N2O.H2/c1-7-4-3-5-8(6-7)11-9(12)10-2;/h3-6H,1-2H3,(H2,10,11,12);1H. The molecule has 0 spiro atoms. The van der Waals surface area contributed by atoms with Crippen molar-refractivity contribution in [3.8, 4) is 0 Å². The quantitative estimate of drug-likeness (QED) is 0.658. The Morgan fingerprint density at radius 1 is 1.50 bits per heavy atom. The third-order valence-corrected chi connectivity index (χ3v) is 1.50. The summed E-state index contributed by atoms with van der Waals surface area (Å²) in [6.07, 6.45) is 0. The minimum absolute atomic E-state index is 0. The lowest BCUT2D eigenvalue weighted by Gasteiger charge is -2.03. The summed E-state index contributed by atoms with van der Waals surface area (Å²) >= 11 is 0. The van der Waals surface area contributed by atoms with E-state index < -0.39 is 0 Å². The Balaban J connectivity index is 0.00000144. The molecule has 0 heterocycles. The fourth-order valence-electron chi connectivity index (χ4n) is 0.916. The summed E-state index contributed by atoms with van der Waals surface area (Å²) in [6, 6.07) is 7.45. The summed E-state index contributed by atoms with van der Waals surface area (Å²) < 4.78 is 0. The topological polar surface area (TPSA) is 41.1 Å². The predicted molar refractivity (Wildman–Crippen MR) is 51.4 cm³/mol. The van der Waals surface area contributed by atoms with Gasteiger partial charge in [-0.2, -0.15) is 0 Å². The number of benzene rings is 1. The SMILES string of the molecule is CNC(=O)Nc1cccc(C)c1.[HH]. The summed E-state index contributed by atoms with van der Waals surface area (Å²) in [5, 5.41) is 5.17. The van der Waals surface area contributed by atoms with Gasteiger partial charge in [-0.3, -0.25) is 0 Å². The molecule has 1 rings (SSSR count). The highest BCUT2D eigenvalue weighted by Crippen LogP contribution is 2.08. The molecular weight excluding hydrogens is 152 g/mol. The second-order valence-electron chi connectivity index (χ2n) is 2.57. The number of anilines is 1. The minimum atomic E-state index is -0.194. The molecule has 0 fully saturated rings. The second kappa shape index (κ2) is 3.76. The molecule has 1 aromatic rings. The predicted octanol–water partition coefficient (Wildman–Crippen LogP) is 1.99. The number of hydrogen-bond donors (Lipinski definition) is 2. The van der Waals surface area contributed by atoms with Crippen molar-refractivity contribution in [2.75, 3.05) is 12.4 Å². The van der Waals surface area contributed by atoms with Crippen LogP contribution >= 0.6 is 0 Å². The molecule has 66 valence electrons. The third-order valence-electron chi connectivity index (χ3n) is 1.50. The maximum absolute atomic E-state index is 10.9. The van der Waals surface area contributed by atoms with Crippen LogP contribution in [0.4, 0.5) is 10.5 Å². The van der Waals surface area contributed by atoms with E-state index in [4.69, 9.17) is 0 Å². The Labute approximate surface area is 73.3 Å². The second-order valence-corrected chi connectivity index (χ2v) is 2.57. The van der Waals surface area contributed by atoms with Crippen LogP contribution in [0.1, 0.15) is 6.99 Å². The number of amides is 2. The molecule has 0 saturated heterocycles. The van der Waals surface area contributed by atoms with Crippen molar-refractivity contribution < 1.29 is 6.22 Å². The first-order valence-corrected chi connectivity index (χ1v) is 3.78. The number of hydrogen-bond acceptors (Lipinski definition) is 1. The molecule has 0 aliphatic rings. The number of nitrogens with one attached hydrogen (secondary N) is 2. The van der Waals surface area contributed by atoms with Crippen LogP contribution in [-0.4, -0.2) is 13.1 Å². The number of rotatable bonds is 1. The summed E-state index contributed by atoms with van der Waals surface area (Å²) in [7, 11) is 1.59. The molecule has 0 aromatic heterocycles. The van der Waals surface area contributed by atoms with Gasteiger partial charge in [0, 0.05) is 14.2 Å². The summed E-state index contributed by atoms with van der Waals surface area (Å²) in [6.45, 7) is 1.98. The maximum Gasteiger partial charge on any atom is 0.318 e. The highest BCUT2D eigenvalue weighted by molar-refractivity contribution is 5.88. The Kier molecular flexibility index (Phi) is 2.69. The lowest BCUT2D eigenvalue weighted by Crippen LogP contribution is -2.24. The van der Waals surface area contributed by atoms with Crippen molar-refractivity contribution >= 4 is 11.7 Å². The highest BCUT2D eigenvalue weighted by Gasteiger charge is 1.96. The fourth-order valence-corrected chi connectivity index (χ4v) is 0.916. The first kappa shape index (κ1) is 8.59. The van der Waals surface area contributed by atoms with Crippen LogP contribution in [0.5, 0.6) is 0 Å². The van der Waals surface area contributed by atoms with E-state index in [1.54, 1.807) is 7.05 Å². The molecule has 0 aliphatic heterocycles. The average molecular weight is 166 g/mol. The Morgan fingerprint density at radius 3 is 2.83 bits per heavy atom. The minimum Gasteiger partial charge on any atom is -0.341 e. The molecule has 2 amide bonds. The van der Waals surface area contributed by atoms with Crippen molar-refractivity contribution in [3.63, 3.8) is 0 Å². The number of carbonyl (C=O) groups is 1. The van der Waals surface area contributed by atoms with Crippen LogP contribution in [0.15, 0.2) is 24.3 Å². The Hall–Kier alpha value is -1.51. The van der Waals surface area contributed by atoms with Crippen molar-refractivity contribution in [2.24, 2.45) is 0 Å². The number of urea groups is 1. The first-order valence-electron chi connectivity index (χ1n) is 3.78. The normalized spacial score (nSPS) is 9.17. The van der Waals surface area contributed by atoms with E-state index in [1.807, 2.05) is 31.2 Å². The van der Waals surface area contributed by atoms with Crippen molar-refractivity contribution in [1.82, 2.24) is 5.32 Å². The molecule has 0 bridgehead atoms. The highest BCUT2D eigenvalue weighted by atomic mass is 16.2. The molecule has 2 N–H and O–H groups in total. The van der Waals surface area contributed by atoms with E-state index >= 15 is 0 Å². The van der Waals surface area contributed by atoms with Gasteiger partial charge in [-0.1, -0.05) is 12.1 Å². The number of aryl methyl sites for hydroxylation is 1. The van der Waals surface area contributed by atoms with E-state index in [9.17, 15) is 4.79 Å². The Morgan fingerprint density at radius 2 is 2.25 bits per heavy atom. The van der Waals surface area contributed by atoms with Crippen LogP contribution in [0.3, 0.4) is 0 Å². The van der Waals surface area contributed by atoms with Crippen LogP contribution in [0.25, 0.3) is 0 Å². The van der Waals surface area contributed by atoms with Gasteiger partial charge in [0.2, 0.25) is 0 Å². The smallest absolute Gasteiger partial charge is 0.318 e. The summed E-state index contributed by atoms with van der Waals surface area (Å²) in [5.41, 5.74) is 1.94. The summed E-state index contributed by atoms with van der Waals surface area (Å²) in [5.74, 6) is 0. The van der Waals surface area contributed by atoms with E-state index in [1.165, 1.54) is 0 Å². The summed E-state index contributed by atoms with van der Waals surface area (Å²) in [4.78, 5) is 10.9. The van der Waals surface area contributed by atoms with Crippen LogP contribution in [-0.2, 0) is 0 Å². The zero-order valence-electron chi connectivity index (χ0n) is 7.22. The molecule has 0 unspecified atom stereocenters. The molecule has 3 heteroatoms. The van der Waals surface area contributed by atoms with Crippen molar-refractivity contribution in [3.05, 3.63) is 29.8 Å². The largest absolute Gasteiger partial charge is 0.341 e. The molecule has 3 nitrogen and oxygen atoms in total. The first-order chi connectivity index (χ1) is 5.72. The van der Waals surface area contributed by atoms with E-state index in [0.29, 0.717) is 0 Å². The molecule has 12 heavy (non-hydrogen) atoms. The average Bonchev–Trinajstić information content (AvgIpc) is 2.04. The van der Waals surface area contributed by atoms with Gasteiger partial charge in [0.25, 0.3) is 0 Å². The van der Waals surface area contributed by atoms with Gasteiger partial charge in [-0.15, -0.1) is 0 Å². The molecule has 0 radical (unpaired) electrons. The molecule has 0 atom stereocenters. The third kappa shape index (κ3) is 2.27. The lowest BCUT2D eigenvalue weighted by molar-refractivity contribution is 0.254. The van der Waals surface area contributed by atoms with Crippen LogP contribution in [0.2, 0.25) is 0 Å². The monoisotopic (exact) mass is 166 g/mol. The van der Waals surface area contributed by atoms with E-state index in [-0.39, 0.29) is 7.46 Å². The maximum atomic E-state index is 10.9. The lowest BCUT2D eigenvalue weighted by atomic mass is 10.2. The van der Waals surface area contributed by atoms with Gasteiger partial charge in [0.05, 0.1) is 0 Å².